The van der Waals surface area contributed by atoms with Gasteiger partial charge in [0.2, 0.25) is 0 Å². The predicted octanol–water partition coefficient (Wildman–Crippen LogP) is 3.30. The average Bonchev–Trinajstić information content (AvgIpc) is 3.12. The van der Waals surface area contributed by atoms with Gasteiger partial charge in [0.15, 0.2) is 5.96 Å². The van der Waals surface area contributed by atoms with Gasteiger partial charge in [0, 0.05) is 32.1 Å². The first kappa shape index (κ1) is 21.7. The summed E-state index contributed by atoms with van der Waals surface area (Å²) < 4.78 is 10.6. The Kier molecular flexibility index (Phi) is 11.3. The number of hydrogen-bond acceptors (Lipinski definition) is 4. The number of rotatable bonds is 9. The smallest absolute Gasteiger partial charge is 0.191 e. The van der Waals surface area contributed by atoms with Gasteiger partial charge in [-0.1, -0.05) is 18.2 Å². The molecule has 7 heteroatoms. The number of aliphatic imine (C=N–C) groups is 1. The van der Waals surface area contributed by atoms with Crippen molar-refractivity contribution in [1.82, 2.24) is 10.6 Å². The Labute approximate surface area is 170 Å². The third-order valence-electron chi connectivity index (χ3n) is 3.38. The zero-order chi connectivity index (χ0) is 17.0. The van der Waals surface area contributed by atoms with Crippen LogP contribution in [0.4, 0.5) is 0 Å². The second kappa shape index (κ2) is 13.0. The van der Waals surface area contributed by atoms with E-state index >= 15 is 0 Å². The van der Waals surface area contributed by atoms with Gasteiger partial charge < -0.3 is 20.1 Å². The van der Waals surface area contributed by atoms with Crippen LogP contribution < -0.4 is 15.4 Å². The summed E-state index contributed by atoms with van der Waals surface area (Å²) >= 11 is 1.78. The third-order valence-corrected chi connectivity index (χ3v) is 4.32. The van der Waals surface area contributed by atoms with E-state index in [1.807, 2.05) is 18.2 Å². The summed E-state index contributed by atoms with van der Waals surface area (Å²) in [6, 6.07) is 12.3. The van der Waals surface area contributed by atoms with Crippen LogP contribution in [0.3, 0.4) is 0 Å². The minimum Gasteiger partial charge on any atom is -0.491 e. The average molecular weight is 475 g/mol. The van der Waals surface area contributed by atoms with Crippen molar-refractivity contribution in [2.45, 2.75) is 13.0 Å². The molecule has 5 nitrogen and oxygen atoms in total. The maximum atomic E-state index is 5.63. The van der Waals surface area contributed by atoms with Crippen LogP contribution in [0.15, 0.2) is 46.8 Å². The van der Waals surface area contributed by atoms with Crippen molar-refractivity contribution in [2.24, 2.45) is 4.99 Å². The largest absolute Gasteiger partial charge is 0.491 e. The van der Waals surface area contributed by atoms with E-state index in [1.54, 1.807) is 25.5 Å². The first-order valence-corrected chi connectivity index (χ1v) is 8.87. The number of nitrogens with zero attached hydrogens (tertiary/aromatic N) is 1. The fourth-order valence-electron chi connectivity index (χ4n) is 2.15. The summed E-state index contributed by atoms with van der Waals surface area (Å²) in [7, 11) is 3.45. The maximum Gasteiger partial charge on any atom is 0.191 e. The Morgan fingerprint density at radius 2 is 2.04 bits per heavy atom. The highest BCUT2D eigenvalue weighted by atomic mass is 127. The molecule has 0 aliphatic heterocycles. The van der Waals surface area contributed by atoms with E-state index in [-0.39, 0.29) is 24.0 Å². The van der Waals surface area contributed by atoms with Gasteiger partial charge in [-0.2, -0.15) is 0 Å². The molecule has 25 heavy (non-hydrogen) atoms. The normalized spacial score (nSPS) is 10.9. The molecule has 0 atom stereocenters. The minimum atomic E-state index is 0. The Morgan fingerprint density at radius 1 is 1.16 bits per heavy atom. The van der Waals surface area contributed by atoms with Gasteiger partial charge >= 0.3 is 0 Å². The molecule has 0 amide bonds. The lowest BCUT2D eigenvalue weighted by Crippen LogP contribution is -2.37. The molecule has 0 radical (unpaired) electrons. The number of methoxy groups -OCH3 is 1. The van der Waals surface area contributed by atoms with E-state index in [2.05, 4.69) is 39.2 Å². The molecule has 0 saturated carbocycles. The first-order chi connectivity index (χ1) is 11.8. The zero-order valence-corrected chi connectivity index (χ0v) is 17.8. The Hall–Kier alpha value is -1.32. The van der Waals surface area contributed by atoms with Crippen molar-refractivity contribution >= 4 is 41.3 Å². The van der Waals surface area contributed by atoms with Crippen LogP contribution in [0.1, 0.15) is 10.4 Å². The van der Waals surface area contributed by atoms with Crippen molar-refractivity contribution in [1.29, 1.82) is 0 Å². The molecule has 1 heterocycles. The monoisotopic (exact) mass is 475 g/mol. The van der Waals surface area contributed by atoms with Gasteiger partial charge in [-0.05, 0) is 35.6 Å². The van der Waals surface area contributed by atoms with Crippen molar-refractivity contribution in [3.8, 4) is 5.75 Å². The summed E-state index contributed by atoms with van der Waals surface area (Å²) in [5.74, 6) is 1.66. The molecule has 2 aromatic rings. The molecule has 1 aromatic heterocycles. The Balaban J connectivity index is 0.00000312. The molecular weight excluding hydrogens is 449 g/mol. The number of nitrogens with one attached hydrogen (secondary N) is 2. The van der Waals surface area contributed by atoms with E-state index in [0.29, 0.717) is 19.8 Å². The first-order valence-electron chi connectivity index (χ1n) is 7.99. The number of thiophene rings is 1. The lowest BCUT2D eigenvalue weighted by Gasteiger charge is -2.12. The van der Waals surface area contributed by atoms with Crippen LogP contribution in [0.25, 0.3) is 0 Å². The van der Waals surface area contributed by atoms with Crippen molar-refractivity contribution in [3.63, 3.8) is 0 Å². The maximum absolute atomic E-state index is 5.63. The van der Waals surface area contributed by atoms with Crippen LogP contribution in [0.5, 0.6) is 5.75 Å². The Bertz CT molecular complexity index is 621. The van der Waals surface area contributed by atoms with E-state index < -0.39 is 0 Å². The van der Waals surface area contributed by atoms with Crippen molar-refractivity contribution < 1.29 is 9.47 Å². The van der Waals surface area contributed by atoms with Gasteiger partial charge in [-0.25, -0.2) is 0 Å². The van der Waals surface area contributed by atoms with Crippen LogP contribution >= 0.6 is 35.3 Å². The summed E-state index contributed by atoms with van der Waals surface area (Å²) in [5.41, 5.74) is 1.14. The SMILES string of the molecule is CN=C(NCCc1cccs1)NCc1cccc(OCCOC)c1.I. The Morgan fingerprint density at radius 3 is 2.76 bits per heavy atom. The fraction of sp³-hybridized carbons (Fsp3) is 0.389. The number of guanidine groups is 1. The van der Waals surface area contributed by atoms with E-state index in [9.17, 15) is 0 Å². The lowest BCUT2D eigenvalue weighted by molar-refractivity contribution is 0.146. The molecule has 0 fully saturated rings. The van der Waals surface area contributed by atoms with Crippen LogP contribution in [-0.4, -0.2) is 39.9 Å². The standard InChI is InChI=1S/C18H25N3O2S.HI/c1-19-18(20-9-8-17-7-4-12-24-17)21-14-15-5-3-6-16(13-15)23-11-10-22-2;/h3-7,12-13H,8-11,14H2,1-2H3,(H2,19,20,21);1H. The summed E-state index contributed by atoms with van der Waals surface area (Å²) in [6.45, 7) is 2.70. The number of hydrogen-bond donors (Lipinski definition) is 2. The highest BCUT2D eigenvalue weighted by Crippen LogP contribution is 2.13. The van der Waals surface area contributed by atoms with Crippen molar-refractivity contribution in [2.75, 3.05) is 33.9 Å². The van der Waals surface area contributed by atoms with Gasteiger partial charge in [0.05, 0.1) is 6.61 Å². The summed E-state index contributed by atoms with van der Waals surface area (Å²) in [4.78, 5) is 5.63. The highest BCUT2D eigenvalue weighted by molar-refractivity contribution is 14.0. The molecule has 1 aromatic carbocycles. The van der Waals surface area contributed by atoms with Crippen molar-refractivity contribution in [3.05, 3.63) is 52.2 Å². The molecule has 0 aliphatic carbocycles. The highest BCUT2D eigenvalue weighted by Gasteiger charge is 2.01. The van der Waals surface area contributed by atoms with Crippen LogP contribution in [0, 0.1) is 0 Å². The van der Waals surface area contributed by atoms with Gasteiger partial charge in [-0.15, -0.1) is 35.3 Å². The van der Waals surface area contributed by atoms with Gasteiger partial charge in [-0.3, -0.25) is 4.99 Å². The number of ether oxygens (including phenoxy) is 2. The molecule has 0 unspecified atom stereocenters. The summed E-state index contributed by atoms with van der Waals surface area (Å²) in [6.07, 6.45) is 1.00. The van der Waals surface area contributed by atoms with E-state index in [0.717, 1.165) is 30.2 Å². The third kappa shape index (κ3) is 8.55. The molecule has 0 spiro atoms. The molecule has 0 aliphatic rings. The van der Waals surface area contributed by atoms with Crippen LogP contribution in [0.2, 0.25) is 0 Å². The zero-order valence-electron chi connectivity index (χ0n) is 14.7. The number of halogens is 1. The molecule has 0 saturated heterocycles. The van der Waals surface area contributed by atoms with Crippen LogP contribution in [-0.2, 0) is 17.7 Å². The molecule has 2 N–H and O–H groups in total. The summed E-state index contributed by atoms with van der Waals surface area (Å²) in [5, 5.41) is 8.76. The topological polar surface area (TPSA) is 54.9 Å². The second-order valence-corrected chi connectivity index (χ2v) is 6.20. The molecular formula is C18H26IN3O2S. The second-order valence-electron chi connectivity index (χ2n) is 5.17. The van der Waals surface area contributed by atoms with Gasteiger partial charge in [0.1, 0.15) is 12.4 Å². The fourth-order valence-corrected chi connectivity index (χ4v) is 2.86. The minimum absolute atomic E-state index is 0. The van der Waals surface area contributed by atoms with E-state index in [4.69, 9.17) is 9.47 Å². The molecule has 2 rings (SSSR count). The molecule has 138 valence electrons. The quantitative estimate of drug-likeness (QED) is 0.253. The number of benzene rings is 1. The predicted molar refractivity (Wildman–Crippen MR) is 115 cm³/mol. The lowest BCUT2D eigenvalue weighted by atomic mass is 10.2. The molecule has 0 bridgehead atoms. The van der Waals surface area contributed by atoms with E-state index in [1.165, 1.54) is 4.88 Å². The van der Waals surface area contributed by atoms with Gasteiger partial charge in [0.25, 0.3) is 0 Å².